The highest BCUT2D eigenvalue weighted by molar-refractivity contribution is 8.03. The summed E-state index contributed by atoms with van der Waals surface area (Å²) in [4.78, 5) is 1.37. The minimum atomic E-state index is 1.25. The van der Waals surface area contributed by atoms with Gasteiger partial charge in [0.15, 0.2) is 0 Å². The summed E-state index contributed by atoms with van der Waals surface area (Å²) < 4.78 is 0. The highest BCUT2D eigenvalue weighted by Crippen LogP contribution is 2.27. The largest absolute Gasteiger partial charge is 0.131 e. The van der Waals surface area contributed by atoms with Gasteiger partial charge in [0.2, 0.25) is 0 Å². The van der Waals surface area contributed by atoms with Crippen LogP contribution in [0.25, 0.3) is 0 Å². The van der Waals surface area contributed by atoms with E-state index in [9.17, 15) is 0 Å². The molecule has 1 fully saturated rings. The summed E-state index contributed by atoms with van der Waals surface area (Å²) in [5.41, 5.74) is 0. The molecule has 1 saturated heterocycles. The molecule has 0 aromatic heterocycles. The maximum Gasteiger partial charge on any atom is -0.00201 e. The second-order valence-corrected chi connectivity index (χ2v) is 2.76. The third-order valence-electron chi connectivity index (χ3n) is 0.906. The molecule has 0 aromatic carbocycles. The Morgan fingerprint density at radius 2 is 2.12 bits per heavy atom. The van der Waals surface area contributed by atoms with Gasteiger partial charge in [-0.05, 0) is 23.5 Å². The topological polar surface area (TPSA) is 0 Å². The van der Waals surface area contributed by atoms with E-state index in [1.807, 2.05) is 25.6 Å². The van der Waals surface area contributed by atoms with Crippen LogP contribution >= 0.6 is 11.8 Å². The fourth-order valence-electron chi connectivity index (χ4n) is 0.558. The van der Waals surface area contributed by atoms with Gasteiger partial charge in [0, 0.05) is 0 Å². The molecule has 0 aliphatic carbocycles. The van der Waals surface area contributed by atoms with Crippen molar-refractivity contribution < 1.29 is 0 Å². The van der Waals surface area contributed by atoms with E-state index in [-0.39, 0.29) is 0 Å². The predicted molar refractivity (Wildman–Crippen MR) is 42.2 cm³/mol. The van der Waals surface area contributed by atoms with Crippen LogP contribution in [0, 0.1) is 0 Å². The van der Waals surface area contributed by atoms with Crippen LogP contribution in [0.4, 0.5) is 0 Å². The maximum absolute atomic E-state index is 3.82. The van der Waals surface area contributed by atoms with Crippen LogP contribution in [0.2, 0.25) is 0 Å². The van der Waals surface area contributed by atoms with Crippen molar-refractivity contribution in [3.05, 3.63) is 11.5 Å². The minimum Gasteiger partial charge on any atom is -0.131 e. The molecule has 0 radical (unpaired) electrons. The van der Waals surface area contributed by atoms with Crippen molar-refractivity contribution in [3.8, 4) is 0 Å². The van der Waals surface area contributed by atoms with Gasteiger partial charge < -0.3 is 0 Å². The SMILES string of the molecule is C=C1CCCS1.CC. The van der Waals surface area contributed by atoms with E-state index in [0.29, 0.717) is 0 Å². The Bertz CT molecular complexity index is 58.8. The Hall–Kier alpha value is 0.0900. The van der Waals surface area contributed by atoms with Gasteiger partial charge in [-0.15, -0.1) is 11.8 Å². The summed E-state index contributed by atoms with van der Waals surface area (Å²) in [5, 5.41) is 0. The van der Waals surface area contributed by atoms with Gasteiger partial charge in [0.25, 0.3) is 0 Å². The molecule has 1 heterocycles. The molecule has 48 valence electrons. The zero-order valence-corrected chi connectivity index (χ0v) is 6.55. The van der Waals surface area contributed by atoms with Crippen molar-refractivity contribution in [2.45, 2.75) is 26.7 Å². The van der Waals surface area contributed by atoms with Crippen LogP contribution in [0.3, 0.4) is 0 Å². The summed E-state index contributed by atoms with van der Waals surface area (Å²) >= 11 is 1.90. The lowest BCUT2D eigenvalue weighted by Gasteiger charge is -1.79. The smallest absolute Gasteiger partial charge is 0.00201 e. The fraction of sp³-hybridized carbons (Fsp3) is 0.714. The lowest BCUT2D eigenvalue weighted by molar-refractivity contribution is 0.998. The average Bonchev–Trinajstić information content (AvgIpc) is 2.24. The quantitative estimate of drug-likeness (QED) is 0.485. The second kappa shape index (κ2) is 5.23. The fourth-order valence-corrected chi connectivity index (χ4v) is 1.42. The van der Waals surface area contributed by atoms with E-state index in [0.717, 1.165) is 0 Å². The molecular formula is C7H14S. The van der Waals surface area contributed by atoms with Crippen molar-refractivity contribution in [2.75, 3.05) is 5.75 Å². The molecule has 0 bridgehead atoms. The Kier molecular flexibility index (Phi) is 5.29. The minimum absolute atomic E-state index is 1.25. The van der Waals surface area contributed by atoms with Crippen LogP contribution in [-0.4, -0.2) is 5.75 Å². The molecule has 1 aliphatic heterocycles. The first-order chi connectivity index (χ1) is 3.89. The first kappa shape index (κ1) is 8.09. The third kappa shape index (κ3) is 3.14. The van der Waals surface area contributed by atoms with Gasteiger partial charge >= 0.3 is 0 Å². The predicted octanol–water partition coefficient (Wildman–Crippen LogP) is 3.05. The van der Waals surface area contributed by atoms with E-state index in [4.69, 9.17) is 0 Å². The van der Waals surface area contributed by atoms with E-state index >= 15 is 0 Å². The number of rotatable bonds is 0. The maximum atomic E-state index is 3.82. The molecule has 0 saturated carbocycles. The molecule has 0 amide bonds. The zero-order valence-electron chi connectivity index (χ0n) is 5.74. The molecule has 1 aliphatic rings. The van der Waals surface area contributed by atoms with Gasteiger partial charge in [0.05, 0.1) is 0 Å². The van der Waals surface area contributed by atoms with Crippen molar-refractivity contribution in [1.29, 1.82) is 0 Å². The Balaban J connectivity index is 0.000000222. The van der Waals surface area contributed by atoms with E-state index in [1.165, 1.54) is 23.5 Å². The lowest BCUT2D eigenvalue weighted by Crippen LogP contribution is -1.57. The van der Waals surface area contributed by atoms with Crippen molar-refractivity contribution in [2.24, 2.45) is 0 Å². The van der Waals surface area contributed by atoms with Crippen molar-refractivity contribution in [3.63, 3.8) is 0 Å². The molecule has 8 heavy (non-hydrogen) atoms. The van der Waals surface area contributed by atoms with Crippen LogP contribution in [0.1, 0.15) is 26.7 Å². The first-order valence-electron chi connectivity index (χ1n) is 3.20. The highest BCUT2D eigenvalue weighted by atomic mass is 32.2. The average molecular weight is 130 g/mol. The number of hydrogen-bond donors (Lipinski definition) is 0. The van der Waals surface area contributed by atoms with Gasteiger partial charge in [0.1, 0.15) is 0 Å². The highest BCUT2D eigenvalue weighted by Gasteiger charge is 2.01. The van der Waals surface area contributed by atoms with Crippen LogP contribution < -0.4 is 0 Å². The Morgan fingerprint density at radius 1 is 1.50 bits per heavy atom. The second-order valence-electron chi connectivity index (χ2n) is 1.49. The van der Waals surface area contributed by atoms with E-state index in [2.05, 4.69) is 6.58 Å². The van der Waals surface area contributed by atoms with Crippen molar-refractivity contribution in [1.82, 2.24) is 0 Å². The van der Waals surface area contributed by atoms with Gasteiger partial charge in [-0.2, -0.15) is 0 Å². The molecule has 0 spiro atoms. The number of allylic oxidation sites excluding steroid dienone is 1. The summed E-state index contributed by atoms with van der Waals surface area (Å²) in [5.74, 6) is 1.30. The van der Waals surface area contributed by atoms with Crippen LogP contribution in [-0.2, 0) is 0 Å². The Labute approximate surface area is 56.4 Å². The van der Waals surface area contributed by atoms with Gasteiger partial charge in [-0.1, -0.05) is 20.4 Å². The van der Waals surface area contributed by atoms with E-state index in [1.54, 1.807) is 0 Å². The molecule has 0 aromatic rings. The standard InChI is InChI=1S/C5H8S.C2H6/c1-5-3-2-4-6-5;1-2/h1-4H2;1-2H3. The molecule has 0 atom stereocenters. The molecule has 0 unspecified atom stereocenters. The zero-order chi connectivity index (χ0) is 6.41. The summed E-state index contributed by atoms with van der Waals surface area (Å²) in [6.07, 6.45) is 2.61. The van der Waals surface area contributed by atoms with Gasteiger partial charge in [-0.25, -0.2) is 0 Å². The van der Waals surface area contributed by atoms with Crippen LogP contribution in [0.5, 0.6) is 0 Å². The third-order valence-corrected chi connectivity index (χ3v) is 2.01. The molecule has 0 N–H and O–H groups in total. The first-order valence-corrected chi connectivity index (χ1v) is 4.19. The molecule has 1 heteroatoms. The summed E-state index contributed by atoms with van der Waals surface area (Å²) in [7, 11) is 0. The molecule has 1 rings (SSSR count). The monoisotopic (exact) mass is 130 g/mol. The Morgan fingerprint density at radius 3 is 2.25 bits per heavy atom. The van der Waals surface area contributed by atoms with E-state index < -0.39 is 0 Å². The summed E-state index contributed by atoms with van der Waals surface area (Å²) in [6, 6.07) is 0. The molecule has 0 nitrogen and oxygen atoms in total. The van der Waals surface area contributed by atoms with Crippen molar-refractivity contribution >= 4 is 11.8 Å². The number of thioether (sulfide) groups is 1. The number of hydrogen-bond acceptors (Lipinski definition) is 1. The van der Waals surface area contributed by atoms with Gasteiger partial charge in [-0.3, -0.25) is 0 Å². The summed E-state index contributed by atoms with van der Waals surface area (Å²) in [6.45, 7) is 7.82. The lowest BCUT2D eigenvalue weighted by atomic mass is 10.3. The normalized spacial score (nSPS) is 17.5. The van der Waals surface area contributed by atoms with Crippen LogP contribution in [0.15, 0.2) is 11.5 Å². The molecular weight excluding hydrogens is 116 g/mol.